The van der Waals surface area contributed by atoms with Crippen molar-refractivity contribution in [3.05, 3.63) is 29.3 Å². The molecule has 2 aromatic rings. The molecule has 0 atom stereocenters. The van der Waals surface area contributed by atoms with E-state index in [0.717, 1.165) is 23.4 Å². The van der Waals surface area contributed by atoms with Crippen LogP contribution in [-0.4, -0.2) is 10.8 Å². The first-order valence-corrected chi connectivity index (χ1v) is 6.85. The van der Waals surface area contributed by atoms with Gasteiger partial charge in [0.2, 0.25) is 0 Å². The third-order valence-electron chi connectivity index (χ3n) is 2.80. The number of para-hydroxylation sites is 1. The molecule has 0 saturated carbocycles. The number of benzene rings is 1. The first-order valence-electron chi connectivity index (χ1n) is 6.04. The topological polar surface area (TPSA) is 30.0 Å². The van der Waals surface area contributed by atoms with Gasteiger partial charge in [-0.05, 0) is 25.0 Å². The van der Waals surface area contributed by atoms with Crippen molar-refractivity contribution in [3.8, 4) is 0 Å². The normalized spacial score (nSPS) is 11.2. The first-order chi connectivity index (χ1) is 8.16. The van der Waals surface area contributed by atoms with Gasteiger partial charge in [-0.2, -0.15) is 0 Å². The summed E-state index contributed by atoms with van der Waals surface area (Å²) in [5.74, 6) is 0.511. The molecule has 17 heavy (non-hydrogen) atoms. The molecule has 3 heteroatoms. The van der Waals surface area contributed by atoms with Gasteiger partial charge in [0.1, 0.15) is 5.78 Å². The summed E-state index contributed by atoms with van der Waals surface area (Å²) in [6.45, 7) is 3.92. The van der Waals surface area contributed by atoms with Crippen LogP contribution in [0.5, 0.6) is 0 Å². The van der Waals surface area contributed by atoms with Gasteiger partial charge in [-0.25, -0.2) is 4.98 Å². The van der Waals surface area contributed by atoms with Crippen LogP contribution in [0.1, 0.15) is 31.7 Å². The van der Waals surface area contributed by atoms with E-state index < -0.39 is 0 Å². The van der Waals surface area contributed by atoms with Crippen LogP contribution in [0.4, 0.5) is 0 Å². The van der Waals surface area contributed by atoms with Crippen molar-refractivity contribution in [2.75, 3.05) is 0 Å². The second-order valence-corrected chi connectivity index (χ2v) is 5.67. The fourth-order valence-corrected chi connectivity index (χ4v) is 2.74. The highest BCUT2D eigenvalue weighted by Crippen LogP contribution is 2.22. The Bertz CT molecular complexity index is 483. The van der Waals surface area contributed by atoms with Crippen molar-refractivity contribution < 1.29 is 4.79 Å². The molecule has 0 unspecified atom stereocenters. The average molecular weight is 247 g/mol. The number of hydrogen-bond donors (Lipinski definition) is 0. The van der Waals surface area contributed by atoms with Crippen LogP contribution >= 0.6 is 11.3 Å². The summed E-state index contributed by atoms with van der Waals surface area (Å²) in [5, 5.41) is 1.14. The molecular formula is C14H17NOS. The SMILES string of the molecule is CC(C)C(=O)CCCc1nc2ccccc2s1. The third kappa shape index (κ3) is 3.13. The van der Waals surface area contributed by atoms with E-state index in [0.29, 0.717) is 12.2 Å². The summed E-state index contributed by atoms with van der Waals surface area (Å²) in [4.78, 5) is 16.0. The summed E-state index contributed by atoms with van der Waals surface area (Å²) >= 11 is 1.73. The number of rotatable bonds is 5. The lowest BCUT2D eigenvalue weighted by molar-refractivity contribution is -0.121. The summed E-state index contributed by atoms with van der Waals surface area (Å²) in [7, 11) is 0. The Kier molecular flexibility index (Phi) is 3.89. The number of carbonyl (C=O) groups excluding carboxylic acids is 1. The Hall–Kier alpha value is -1.22. The monoisotopic (exact) mass is 247 g/mol. The maximum atomic E-state index is 11.5. The number of hydrogen-bond acceptors (Lipinski definition) is 3. The quantitative estimate of drug-likeness (QED) is 0.803. The second-order valence-electron chi connectivity index (χ2n) is 4.55. The molecule has 0 amide bonds. The Morgan fingerprint density at radius 1 is 1.35 bits per heavy atom. The maximum absolute atomic E-state index is 11.5. The average Bonchev–Trinajstić information content (AvgIpc) is 2.71. The van der Waals surface area contributed by atoms with Gasteiger partial charge < -0.3 is 0 Å². The molecule has 0 spiro atoms. The zero-order valence-corrected chi connectivity index (χ0v) is 11.1. The highest BCUT2D eigenvalue weighted by atomic mass is 32.1. The van der Waals surface area contributed by atoms with Crippen LogP contribution < -0.4 is 0 Å². The van der Waals surface area contributed by atoms with Crippen molar-refractivity contribution >= 4 is 27.3 Å². The number of carbonyl (C=O) groups is 1. The third-order valence-corrected chi connectivity index (χ3v) is 3.89. The van der Waals surface area contributed by atoms with Crippen LogP contribution in [0.2, 0.25) is 0 Å². The second kappa shape index (κ2) is 5.41. The van der Waals surface area contributed by atoms with E-state index in [1.54, 1.807) is 11.3 Å². The first kappa shape index (κ1) is 12.2. The Morgan fingerprint density at radius 2 is 2.12 bits per heavy atom. The minimum Gasteiger partial charge on any atom is -0.299 e. The van der Waals surface area contributed by atoms with Crippen LogP contribution in [-0.2, 0) is 11.2 Å². The number of aromatic nitrogens is 1. The van der Waals surface area contributed by atoms with Crippen molar-refractivity contribution in [1.29, 1.82) is 0 Å². The van der Waals surface area contributed by atoms with Gasteiger partial charge in [0.05, 0.1) is 15.2 Å². The van der Waals surface area contributed by atoms with E-state index in [1.807, 2.05) is 32.0 Å². The predicted molar refractivity (Wildman–Crippen MR) is 72.4 cm³/mol. The molecule has 2 rings (SSSR count). The van der Waals surface area contributed by atoms with Gasteiger partial charge in [-0.15, -0.1) is 11.3 Å². The fourth-order valence-electron chi connectivity index (χ4n) is 1.73. The molecule has 0 aliphatic rings. The number of thiazole rings is 1. The van der Waals surface area contributed by atoms with E-state index in [2.05, 4.69) is 11.1 Å². The minimum atomic E-state index is 0.158. The molecule has 0 radical (unpaired) electrons. The molecule has 0 bridgehead atoms. The number of Topliss-reactive ketones (excluding diaryl/α,β-unsaturated/α-hetero) is 1. The van der Waals surface area contributed by atoms with E-state index in [4.69, 9.17) is 0 Å². The van der Waals surface area contributed by atoms with Gasteiger partial charge in [0, 0.05) is 12.3 Å². The summed E-state index contributed by atoms with van der Waals surface area (Å²) in [6, 6.07) is 8.17. The van der Waals surface area contributed by atoms with E-state index in [-0.39, 0.29) is 5.92 Å². The molecule has 2 nitrogen and oxygen atoms in total. The molecule has 1 heterocycles. The maximum Gasteiger partial charge on any atom is 0.135 e. The number of aryl methyl sites for hydroxylation is 1. The molecule has 0 saturated heterocycles. The number of ketones is 1. The van der Waals surface area contributed by atoms with Gasteiger partial charge in [-0.3, -0.25) is 4.79 Å². The summed E-state index contributed by atoms with van der Waals surface area (Å²) in [5.41, 5.74) is 1.07. The van der Waals surface area contributed by atoms with Crippen LogP contribution in [0.25, 0.3) is 10.2 Å². The van der Waals surface area contributed by atoms with Crippen molar-refractivity contribution in [1.82, 2.24) is 4.98 Å². The molecule has 1 aromatic carbocycles. The molecule has 0 aliphatic heterocycles. The van der Waals surface area contributed by atoms with Crippen LogP contribution in [0.3, 0.4) is 0 Å². The molecule has 90 valence electrons. The largest absolute Gasteiger partial charge is 0.299 e. The van der Waals surface area contributed by atoms with Crippen LogP contribution in [0, 0.1) is 5.92 Å². The molecular weight excluding hydrogens is 230 g/mol. The highest BCUT2D eigenvalue weighted by Gasteiger charge is 2.08. The van der Waals surface area contributed by atoms with Gasteiger partial charge in [0.15, 0.2) is 0 Å². The van der Waals surface area contributed by atoms with Crippen molar-refractivity contribution in [2.24, 2.45) is 5.92 Å². The molecule has 0 N–H and O–H groups in total. The van der Waals surface area contributed by atoms with Crippen LogP contribution in [0.15, 0.2) is 24.3 Å². The smallest absolute Gasteiger partial charge is 0.135 e. The zero-order valence-electron chi connectivity index (χ0n) is 10.3. The van der Waals surface area contributed by atoms with Gasteiger partial charge >= 0.3 is 0 Å². The highest BCUT2D eigenvalue weighted by molar-refractivity contribution is 7.18. The predicted octanol–water partition coefficient (Wildman–Crippen LogP) is 3.84. The minimum absolute atomic E-state index is 0.158. The summed E-state index contributed by atoms with van der Waals surface area (Å²) < 4.78 is 1.23. The van der Waals surface area contributed by atoms with Crippen molar-refractivity contribution in [2.45, 2.75) is 33.1 Å². The molecule has 1 aromatic heterocycles. The molecule has 0 fully saturated rings. The van der Waals surface area contributed by atoms with E-state index >= 15 is 0 Å². The molecule has 0 aliphatic carbocycles. The Morgan fingerprint density at radius 3 is 2.82 bits per heavy atom. The number of nitrogens with zero attached hydrogens (tertiary/aromatic N) is 1. The van der Waals surface area contributed by atoms with Gasteiger partial charge in [0.25, 0.3) is 0 Å². The Balaban J connectivity index is 1.93. The lowest BCUT2D eigenvalue weighted by Crippen LogP contribution is -2.06. The Labute approximate surface area is 106 Å². The lowest BCUT2D eigenvalue weighted by atomic mass is 10.0. The lowest BCUT2D eigenvalue weighted by Gasteiger charge is -2.01. The van der Waals surface area contributed by atoms with Crippen molar-refractivity contribution in [3.63, 3.8) is 0 Å². The van der Waals surface area contributed by atoms with Gasteiger partial charge in [-0.1, -0.05) is 26.0 Å². The standard InChI is InChI=1S/C14H17NOS/c1-10(2)12(16)7-5-9-14-15-11-6-3-4-8-13(11)17-14/h3-4,6,8,10H,5,7,9H2,1-2H3. The number of fused-ring (bicyclic) bond motifs is 1. The zero-order chi connectivity index (χ0) is 12.3. The summed E-state index contributed by atoms with van der Waals surface area (Å²) in [6.07, 6.45) is 2.50. The van der Waals surface area contributed by atoms with E-state index in [9.17, 15) is 4.79 Å². The van der Waals surface area contributed by atoms with E-state index in [1.165, 1.54) is 4.70 Å². The fraction of sp³-hybridized carbons (Fsp3) is 0.429.